The number of nitrogens with zero attached hydrogens (tertiary/aromatic N) is 1. The molecule has 0 aliphatic rings. The van der Waals surface area contributed by atoms with Gasteiger partial charge in [0.25, 0.3) is 0 Å². The Kier molecular flexibility index (Phi) is 5.01. The van der Waals surface area contributed by atoms with Crippen molar-refractivity contribution in [3.8, 4) is 5.75 Å². The number of ether oxygens (including phenoxy) is 1. The molecule has 1 N–H and O–H groups in total. The Hall–Kier alpha value is -1.39. The molecule has 4 heteroatoms. The SMILES string of the molecule is CCc1nc(CCOc2ccc(C)cc2)sc1C(C)(C)O. The molecule has 0 aliphatic heterocycles. The molecule has 0 saturated carbocycles. The number of thiazole rings is 1. The lowest BCUT2D eigenvalue weighted by molar-refractivity contribution is 0.0814. The summed E-state index contributed by atoms with van der Waals surface area (Å²) in [4.78, 5) is 5.59. The largest absolute Gasteiger partial charge is 0.493 e. The Bertz CT molecular complexity index is 582. The van der Waals surface area contributed by atoms with Crippen molar-refractivity contribution in [1.29, 1.82) is 0 Å². The summed E-state index contributed by atoms with van der Waals surface area (Å²) in [6.45, 7) is 8.35. The maximum atomic E-state index is 10.2. The van der Waals surface area contributed by atoms with E-state index in [4.69, 9.17) is 4.74 Å². The van der Waals surface area contributed by atoms with Gasteiger partial charge in [-0.05, 0) is 39.3 Å². The molecule has 21 heavy (non-hydrogen) atoms. The van der Waals surface area contributed by atoms with Crippen molar-refractivity contribution in [2.24, 2.45) is 0 Å². The van der Waals surface area contributed by atoms with E-state index in [1.807, 2.05) is 38.1 Å². The molecule has 3 nitrogen and oxygen atoms in total. The van der Waals surface area contributed by atoms with Crippen molar-refractivity contribution in [1.82, 2.24) is 4.98 Å². The predicted molar refractivity (Wildman–Crippen MR) is 87.1 cm³/mol. The molecule has 1 aromatic heterocycles. The van der Waals surface area contributed by atoms with Gasteiger partial charge in [-0.15, -0.1) is 11.3 Å². The zero-order valence-corrected chi connectivity index (χ0v) is 14.0. The van der Waals surface area contributed by atoms with Gasteiger partial charge in [0.1, 0.15) is 5.75 Å². The lowest BCUT2D eigenvalue weighted by Gasteiger charge is -2.15. The van der Waals surface area contributed by atoms with Crippen molar-refractivity contribution in [3.63, 3.8) is 0 Å². The van der Waals surface area contributed by atoms with Crippen LogP contribution in [0.15, 0.2) is 24.3 Å². The molecule has 0 atom stereocenters. The van der Waals surface area contributed by atoms with Crippen LogP contribution in [-0.2, 0) is 18.4 Å². The van der Waals surface area contributed by atoms with Crippen LogP contribution in [0.4, 0.5) is 0 Å². The van der Waals surface area contributed by atoms with Crippen LogP contribution in [0, 0.1) is 6.92 Å². The number of hydrogen-bond donors (Lipinski definition) is 1. The first-order chi connectivity index (χ1) is 9.90. The highest BCUT2D eigenvalue weighted by molar-refractivity contribution is 7.11. The van der Waals surface area contributed by atoms with E-state index in [-0.39, 0.29) is 0 Å². The number of rotatable bonds is 6. The highest BCUT2D eigenvalue weighted by Gasteiger charge is 2.23. The van der Waals surface area contributed by atoms with Gasteiger partial charge in [-0.25, -0.2) is 4.98 Å². The number of aromatic nitrogens is 1. The lowest BCUT2D eigenvalue weighted by Crippen LogP contribution is -2.15. The normalized spacial score (nSPS) is 11.7. The predicted octanol–water partition coefficient (Wildman–Crippen LogP) is 3.86. The van der Waals surface area contributed by atoms with Crippen LogP contribution < -0.4 is 4.74 Å². The van der Waals surface area contributed by atoms with Crippen LogP contribution in [0.1, 0.15) is 41.9 Å². The van der Waals surface area contributed by atoms with Crippen molar-refractivity contribution in [2.45, 2.75) is 46.1 Å². The molecule has 1 heterocycles. The Morgan fingerprint density at radius 1 is 1.24 bits per heavy atom. The molecule has 0 saturated heterocycles. The van der Waals surface area contributed by atoms with Crippen molar-refractivity contribution in [2.75, 3.05) is 6.61 Å². The Morgan fingerprint density at radius 3 is 2.43 bits per heavy atom. The van der Waals surface area contributed by atoms with Gasteiger partial charge in [0, 0.05) is 6.42 Å². The molecule has 114 valence electrons. The average Bonchev–Trinajstić information content (AvgIpc) is 2.84. The summed E-state index contributed by atoms with van der Waals surface area (Å²) in [6, 6.07) is 8.05. The van der Waals surface area contributed by atoms with E-state index in [9.17, 15) is 5.11 Å². The molecule has 0 bridgehead atoms. The molecule has 0 amide bonds. The summed E-state index contributed by atoms with van der Waals surface area (Å²) < 4.78 is 5.74. The maximum absolute atomic E-state index is 10.2. The molecular weight excluding hydrogens is 282 g/mol. The maximum Gasteiger partial charge on any atom is 0.119 e. The number of benzene rings is 1. The molecule has 1 aromatic carbocycles. The van der Waals surface area contributed by atoms with E-state index in [0.717, 1.165) is 34.2 Å². The topological polar surface area (TPSA) is 42.4 Å². The van der Waals surface area contributed by atoms with Gasteiger partial charge >= 0.3 is 0 Å². The molecule has 0 spiro atoms. The third kappa shape index (κ3) is 4.29. The quantitative estimate of drug-likeness (QED) is 0.881. The first kappa shape index (κ1) is 16.0. The zero-order valence-electron chi connectivity index (χ0n) is 13.1. The molecule has 0 aliphatic carbocycles. The summed E-state index contributed by atoms with van der Waals surface area (Å²) in [5.74, 6) is 0.885. The van der Waals surface area contributed by atoms with Gasteiger partial charge < -0.3 is 9.84 Å². The van der Waals surface area contributed by atoms with E-state index in [1.165, 1.54) is 5.56 Å². The van der Waals surface area contributed by atoms with Crippen molar-refractivity contribution in [3.05, 3.63) is 45.4 Å². The minimum absolute atomic E-state index is 0.602. The van der Waals surface area contributed by atoms with Gasteiger partial charge in [0.2, 0.25) is 0 Å². The lowest BCUT2D eigenvalue weighted by atomic mass is 10.1. The third-order valence-electron chi connectivity index (χ3n) is 3.24. The van der Waals surface area contributed by atoms with Crippen LogP contribution in [0.2, 0.25) is 0 Å². The highest BCUT2D eigenvalue weighted by atomic mass is 32.1. The minimum Gasteiger partial charge on any atom is -0.493 e. The number of hydrogen-bond acceptors (Lipinski definition) is 4. The summed E-state index contributed by atoms with van der Waals surface area (Å²) in [5, 5.41) is 11.2. The fourth-order valence-corrected chi connectivity index (χ4v) is 3.25. The van der Waals surface area contributed by atoms with Gasteiger partial charge in [-0.2, -0.15) is 0 Å². The van der Waals surface area contributed by atoms with Crippen LogP contribution in [0.5, 0.6) is 5.75 Å². The second kappa shape index (κ2) is 6.58. The van der Waals surface area contributed by atoms with E-state index < -0.39 is 5.60 Å². The molecule has 2 rings (SSSR count). The van der Waals surface area contributed by atoms with E-state index in [0.29, 0.717) is 6.61 Å². The second-order valence-corrected chi connectivity index (χ2v) is 6.79. The Balaban J connectivity index is 1.97. The highest BCUT2D eigenvalue weighted by Crippen LogP contribution is 2.30. The van der Waals surface area contributed by atoms with E-state index in [1.54, 1.807) is 11.3 Å². The van der Waals surface area contributed by atoms with Gasteiger partial charge in [0.15, 0.2) is 0 Å². The van der Waals surface area contributed by atoms with Crippen LogP contribution in [0.25, 0.3) is 0 Å². The molecule has 0 radical (unpaired) electrons. The van der Waals surface area contributed by atoms with Crippen LogP contribution in [-0.4, -0.2) is 16.7 Å². The van der Waals surface area contributed by atoms with Crippen LogP contribution >= 0.6 is 11.3 Å². The summed E-state index contributed by atoms with van der Waals surface area (Å²) in [6.07, 6.45) is 1.61. The van der Waals surface area contributed by atoms with E-state index >= 15 is 0 Å². The Labute approximate surface area is 130 Å². The van der Waals surface area contributed by atoms with Gasteiger partial charge in [-0.3, -0.25) is 0 Å². The number of aryl methyl sites for hydroxylation is 2. The standard InChI is InChI=1S/C17H23NO2S/c1-5-14-16(17(3,4)19)21-15(18-14)10-11-20-13-8-6-12(2)7-9-13/h6-9,19H,5,10-11H2,1-4H3. The van der Waals surface area contributed by atoms with Crippen molar-refractivity contribution >= 4 is 11.3 Å². The van der Waals surface area contributed by atoms with Gasteiger partial charge in [0.05, 0.1) is 27.8 Å². The van der Waals surface area contributed by atoms with E-state index in [2.05, 4.69) is 18.8 Å². The fraction of sp³-hybridized carbons (Fsp3) is 0.471. The summed E-state index contributed by atoms with van der Waals surface area (Å²) >= 11 is 1.59. The molecular formula is C17H23NO2S. The summed E-state index contributed by atoms with van der Waals surface area (Å²) in [7, 11) is 0. The first-order valence-corrected chi connectivity index (χ1v) is 8.12. The monoisotopic (exact) mass is 305 g/mol. The second-order valence-electron chi connectivity index (χ2n) is 5.71. The van der Waals surface area contributed by atoms with Crippen LogP contribution in [0.3, 0.4) is 0 Å². The minimum atomic E-state index is -0.820. The fourth-order valence-electron chi connectivity index (χ4n) is 2.12. The molecule has 0 unspecified atom stereocenters. The first-order valence-electron chi connectivity index (χ1n) is 7.31. The molecule has 2 aromatic rings. The van der Waals surface area contributed by atoms with Gasteiger partial charge in [-0.1, -0.05) is 24.6 Å². The number of aliphatic hydroxyl groups is 1. The summed E-state index contributed by atoms with van der Waals surface area (Å²) in [5.41, 5.74) is 1.40. The smallest absolute Gasteiger partial charge is 0.119 e. The Morgan fingerprint density at radius 2 is 1.90 bits per heavy atom. The average molecular weight is 305 g/mol. The third-order valence-corrected chi connectivity index (χ3v) is 4.71. The molecule has 0 fully saturated rings. The van der Waals surface area contributed by atoms with Crippen molar-refractivity contribution < 1.29 is 9.84 Å². The zero-order chi connectivity index (χ0) is 15.5.